The molecule has 1 N–H and O–H groups in total. The average molecular weight is 310 g/mol. The summed E-state index contributed by atoms with van der Waals surface area (Å²) in [7, 11) is 0. The largest absolute Gasteiger partial charge is 0.396 e. The summed E-state index contributed by atoms with van der Waals surface area (Å²) in [6.45, 7) is 12.5. The number of aliphatic hydroxyl groups excluding tert-OH is 1. The molecule has 2 aliphatic rings. The normalized spacial score (nSPS) is 32.8. The van der Waals surface area contributed by atoms with Gasteiger partial charge in [-0.2, -0.15) is 0 Å². The van der Waals surface area contributed by atoms with Crippen molar-refractivity contribution in [1.29, 1.82) is 0 Å². The van der Waals surface area contributed by atoms with Gasteiger partial charge in [0.15, 0.2) is 5.79 Å². The molecule has 2 fully saturated rings. The molecule has 128 valence electrons. The summed E-state index contributed by atoms with van der Waals surface area (Å²) < 4.78 is 12.1. The molecule has 0 aromatic rings. The van der Waals surface area contributed by atoms with Crippen LogP contribution in [0.25, 0.3) is 0 Å². The zero-order chi connectivity index (χ0) is 16.2. The van der Waals surface area contributed by atoms with Crippen LogP contribution in [0.1, 0.15) is 59.3 Å². The minimum atomic E-state index is -0.384. The molecule has 1 unspecified atom stereocenters. The number of ether oxygens (including phenoxy) is 2. The standard InChI is InChI=1S/C19H34O3/c1-5-15(4)19(21-10-11-22-19)9-8-17-12-16(14(2)3)6-7-18(17)13-20/h15-18,20H,2,5-13H2,1,3-4H3/t15?,16-,17+,18+/m0/s1. The maximum atomic E-state index is 9.71. The zero-order valence-corrected chi connectivity index (χ0v) is 14.6. The van der Waals surface area contributed by atoms with Gasteiger partial charge in [0.05, 0.1) is 13.2 Å². The van der Waals surface area contributed by atoms with Crippen LogP contribution in [-0.2, 0) is 9.47 Å². The molecular weight excluding hydrogens is 276 g/mol. The molecule has 2 rings (SSSR count). The smallest absolute Gasteiger partial charge is 0.171 e. The molecule has 0 radical (unpaired) electrons. The van der Waals surface area contributed by atoms with E-state index in [-0.39, 0.29) is 5.79 Å². The van der Waals surface area contributed by atoms with Crippen molar-refractivity contribution < 1.29 is 14.6 Å². The predicted molar refractivity (Wildman–Crippen MR) is 89.5 cm³/mol. The molecular formula is C19H34O3. The Bertz CT molecular complexity index is 360. The van der Waals surface area contributed by atoms with Crippen molar-refractivity contribution in [2.75, 3.05) is 19.8 Å². The van der Waals surface area contributed by atoms with Gasteiger partial charge in [0, 0.05) is 18.9 Å². The van der Waals surface area contributed by atoms with Crippen molar-refractivity contribution in [3.05, 3.63) is 12.2 Å². The van der Waals surface area contributed by atoms with Crippen LogP contribution in [0.4, 0.5) is 0 Å². The second-order valence-corrected chi connectivity index (χ2v) is 7.42. The first-order valence-corrected chi connectivity index (χ1v) is 9.06. The molecule has 1 aliphatic heterocycles. The fourth-order valence-electron chi connectivity index (χ4n) is 4.21. The summed E-state index contributed by atoms with van der Waals surface area (Å²) in [5.74, 6) is 1.66. The van der Waals surface area contributed by atoms with E-state index in [1.54, 1.807) is 0 Å². The van der Waals surface area contributed by atoms with Crippen LogP contribution in [0.5, 0.6) is 0 Å². The van der Waals surface area contributed by atoms with E-state index in [1.165, 1.54) is 12.0 Å². The summed E-state index contributed by atoms with van der Waals surface area (Å²) in [5, 5.41) is 9.71. The number of allylic oxidation sites excluding steroid dienone is 1. The highest BCUT2D eigenvalue weighted by atomic mass is 16.7. The van der Waals surface area contributed by atoms with E-state index in [0.717, 1.165) is 32.1 Å². The molecule has 0 aromatic carbocycles. The van der Waals surface area contributed by atoms with Gasteiger partial charge in [-0.25, -0.2) is 0 Å². The highest BCUT2D eigenvalue weighted by molar-refractivity contribution is 5.00. The second kappa shape index (κ2) is 7.94. The van der Waals surface area contributed by atoms with Gasteiger partial charge >= 0.3 is 0 Å². The summed E-state index contributed by atoms with van der Waals surface area (Å²) in [6.07, 6.45) is 6.57. The zero-order valence-electron chi connectivity index (χ0n) is 14.6. The van der Waals surface area contributed by atoms with E-state index in [2.05, 4.69) is 27.4 Å². The van der Waals surface area contributed by atoms with Crippen LogP contribution in [0, 0.1) is 23.7 Å². The van der Waals surface area contributed by atoms with E-state index in [4.69, 9.17) is 9.47 Å². The Morgan fingerprint density at radius 1 is 1.27 bits per heavy atom. The van der Waals surface area contributed by atoms with Crippen LogP contribution in [0.3, 0.4) is 0 Å². The SMILES string of the molecule is C=C(C)[C@H]1CC[C@H](CO)[C@H](CCC2(C(C)CC)OCCO2)C1. The maximum absolute atomic E-state index is 9.71. The van der Waals surface area contributed by atoms with Gasteiger partial charge in [0.25, 0.3) is 0 Å². The lowest BCUT2D eigenvalue weighted by Crippen LogP contribution is -2.39. The molecule has 0 bridgehead atoms. The Labute approximate surface area is 136 Å². The Kier molecular flexibility index (Phi) is 6.48. The number of rotatable bonds is 7. The van der Waals surface area contributed by atoms with Crippen molar-refractivity contribution in [2.24, 2.45) is 23.7 Å². The molecule has 1 saturated heterocycles. The molecule has 0 aromatic heterocycles. The van der Waals surface area contributed by atoms with Crippen molar-refractivity contribution in [1.82, 2.24) is 0 Å². The quantitative estimate of drug-likeness (QED) is 0.718. The molecule has 0 spiro atoms. The van der Waals surface area contributed by atoms with E-state index in [9.17, 15) is 5.11 Å². The van der Waals surface area contributed by atoms with E-state index in [1.807, 2.05) is 0 Å². The Hall–Kier alpha value is -0.380. The lowest BCUT2D eigenvalue weighted by Gasteiger charge is -2.39. The molecule has 22 heavy (non-hydrogen) atoms. The van der Waals surface area contributed by atoms with Gasteiger partial charge in [0.1, 0.15) is 0 Å². The van der Waals surface area contributed by atoms with Crippen LogP contribution in [0.15, 0.2) is 12.2 Å². The fourth-order valence-corrected chi connectivity index (χ4v) is 4.21. The summed E-state index contributed by atoms with van der Waals surface area (Å²) in [6, 6.07) is 0. The molecule has 4 atom stereocenters. The first-order valence-electron chi connectivity index (χ1n) is 9.06. The number of hydrogen-bond acceptors (Lipinski definition) is 3. The molecule has 1 aliphatic carbocycles. The van der Waals surface area contributed by atoms with Gasteiger partial charge < -0.3 is 14.6 Å². The number of hydrogen-bond donors (Lipinski definition) is 1. The first kappa shape index (κ1) is 18.0. The third kappa shape index (κ3) is 3.93. The summed E-state index contributed by atoms with van der Waals surface area (Å²) in [4.78, 5) is 0. The molecule has 3 heteroatoms. The van der Waals surface area contributed by atoms with E-state index < -0.39 is 0 Å². The van der Waals surface area contributed by atoms with Gasteiger partial charge in [-0.05, 0) is 56.8 Å². The Balaban J connectivity index is 1.98. The van der Waals surface area contributed by atoms with Crippen LogP contribution in [0.2, 0.25) is 0 Å². The Morgan fingerprint density at radius 2 is 1.95 bits per heavy atom. The summed E-state index contributed by atoms with van der Waals surface area (Å²) >= 11 is 0. The van der Waals surface area contributed by atoms with Crippen molar-refractivity contribution >= 4 is 0 Å². The fraction of sp³-hybridized carbons (Fsp3) is 0.895. The van der Waals surface area contributed by atoms with Crippen molar-refractivity contribution in [3.63, 3.8) is 0 Å². The Morgan fingerprint density at radius 3 is 2.50 bits per heavy atom. The third-order valence-corrected chi connectivity index (χ3v) is 6.07. The summed E-state index contributed by atoms with van der Waals surface area (Å²) in [5.41, 5.74) is 1.30. The number of aliphatic hydroxyl groups is 1. The lowest BCUT2D eigenvalue weighted by molar-refractivity contribution is -0.200. The monoisotopic (exact) mass is 310 g/mol. The van der Waals surface area contributed by atoms with Crippen molar-refractivity contribution in [3.8, 4) is 0 Å². The lowest BCUT2D eigenvalue weighted by atomic mass is 9.70. The van der Waals surface area contributed by atoms with E-state index >= 15 is 0 Å². The maximum Gasteiger partial charge on any atom is 0.171 e. The highest BCUT2D eigenvalue weighted by Gasteiger charge is 2.42. The van der Waals surface area contributed by atoms with Crippen LogP contribution in [-0.4, -0.2) is 30.7 Å². The van der Waals surface area contributed by atoms with Gasteiger partial charge in [-0.3, -0.25) is 0 Å². The second-order valence-electron chi connectivity index (χ2n) is 7.42. The minimum Gasteiger partial charge on any atom is -0.396 e. The van der Waals surface area contributed by atoms with Crippen LogP contribution >= 0.6 is 0 Å². The third-order valence-electron chi connectivity index (χ3n) is 6.07. The first-order chi connectivity index (χ1) is 10.5. The minimum absolute atomic E-state index is 0.311. The molecule has 1 saturated carbocycles. The van der Waals surface area contributed by atoms with Gasteiger partial charge in [-0.15, -0.1) is 0 Å². The van der Waals surface area contributed by atoms with E-state index in [0.29, 0.717) is 43.5 Å². The predicted octanol–water partition coefficient (Wildman–Crippen LogP) is 4.16. The molecule has 3 nitrogen and oxygen atoms in total. The van der Waals surface area contributed by atoms with Crippen LogP contribution < -0.4 is 0 Å². The van der Waals surface area contributed by atoms with Crippen molar-refractivity contribution in [2.45, 2.75) is 65.1 Å². The van der Waals surface area contributed by atoms with Gasteiger partial charge in [0.2, 0.25) is 0 Å². The highest BCUT2D eigenvalue weighted by Crippen LogP contribution is 2.42. The van der Waals surface area contributed by atoms with Gasteiger partial charge in [-0.1, -0.05) is 26.0 Å². The molecule has 0 amide bonds. The average Bonchev–Trinajstić information content (AvgIpc) is 3.01. The topological polar surface area (TPSA) is 38.7 Å². The molecule has 1 heterocycles.